The van der Waals surface area contributed by atoms with E-state index in [-0.39, 0.29) is 18.1 Å². The number of urea groups is 1. The Morgan fingerprint density at radius 2 is 1.84 bits per heavy atom. The summed E-state index contributed by atoms with van der Waals surface area (Å²) >= 11 is 0. The van der Waals surface area contributed by atoms with Gasteiger partial charge in [0.2, 0.25) is 0 Å². The zero-order valence-corrected chi connectivity index (χ0v) is 15.2. The van der Waals surface area contributed by atoms with E-state index in [9.17, 15) is 4.79 Å². The first-order valence-corrected chi connectivity index (χ1v) is 8.80. The maximum absolute atomic E-state index is 11.8. The van der Waals surface area contributed by atoms with Crippen molar-refractivity contribution in [2.24, 2.45) is 0 Å². The van der Waals surface area contributed by atoms with Gasteiger partial charge >= 0.3 is 6.03 Å². The number of anilines is 1. The minimum atomic E-state index is -0.131. The summed E-state index contributed by atoms with van der Waals surface area (Å²) in [5, 5.41) is 13.4. The molecular weight excluding hydrogens is 316 g/mol. The predicted molar refractivity (Wildman–Crippen MR) is 97.6 cm³/mol. The SMILES string of the molecule is Cc1noc(C)c1[C@H](C)N[C@H](C)c1ccc(NC(=O)NC2CC2)cc1. The predicted octanol–water partition coefficient (Wildman–Crippen LogP) is 3.99. The summed E-state index contributed by atoms with van der Waals surface area (Å²) in [5.74, 6) is 0.853. The molecule has 2 aromatic rings. The van der Waals surface area contributed by atoms with Crippen LogP contribution in [0.5, 0.6) is 0 Å². The highest BCUT2D eigenvalue weighted by Crippen LogP contribution is 2.25. The number of aryl methyl sites for hydroxylation is 2. The van der Waals surface area contributed by atoms with Gasteiger partial charge in [0.05, 0.1) is 5.69 Å². The molecule has 1 aliphatic carbocycles. The number of benzene rings is 1. The van der Waals surface area contributed by atoms with Gasteiger partial charge in [-0.2, -0.15) is 0 Å². The van der Waals surface area contributed by atoms with Gasteiger partial charge in [0.15, 0.2) is 0 Å². The Hall–Kier alpha value is -2.34. The van der Waals surface area contributed by atoms with Crippen LogP contribution in [0.15, 0.2) is 28.8 Å². The van der Waals surface area contributed by atoms with Crippen molar-refractivity contribution in [3.05, 3.63) is 46.8 Å². The number of nitrogens with one attached hydrogen (secondary N) is 3. The molecule has 6 nitrogen and oxygen atoms in total. The maximum atomic E-state index is 11.8. The van der Waals surface area contributed by atoms with Gasteiger partial charge in [0, 0.05) is 29.4 Å². The largest absolute Gasteiger partial charge is 0.361 e. The molecule has 6 heteroatoms. The second-order valence-corrected chi connectivity index (χ2v) is 6.84. The van der Waals surface area contributed by atoms with Gasteiger partial charge < -0.3 is 20.5 Å². The van der Waals surface area contributed by atoms with Crippen LogP contribution in [-0.4, -0.2) is 17.2 Å². The molecule has 1 fully saturated rings. The first-order chi connectivity index (χ1) is 11.9. The van der Waals surface area contributed by atoms with E-state index in [2.05, 4.69) is 35.0 Å². The smallest absolute Gasteiger partial charge is 0.319 e. The van der Waals surface area contributed by atoms with Crippen molar-refractivity contribution in [3.8, 4) is 0 Å². The fourth-order valence-electron chi connectivity index (χ4n) is 3.10. The van der Waals surface area contributed by atoms with Crippen LogP contribution in [0.25, 0.3) is 0 Å². The van der Waals surface area contributed by atoms with E-state index in [1.54, 1.807) is 0 Å². The topological polar surface area (TPSA) is 79.2 Å². The normalized spacial score (nSPS) is 16.3. The van der Waals surface area contributed by atoms with Crippen LogP contribution in [0, 0.1) is 13.8 Å². The summed E-state index contributed by atoms with van der Waals surface area (Å²) in [5.41, 5.74) is 3.99. The minimum absolute atomic E-state index is 0.131. The number of carbonyl (C=O) groups is 1. The van der Waals surface area contributed by atoms with Crippen LogP contribution in [0.2, 0.25) is 0 Å². The molecule has 1 aliphatic rings. The Bertz CT molecular complexity index is 715. The van der Waals surface area contributed by atoms with Gasteiger partial charge in [-0.05, 0) is 58.2 Å². The summed E-state index contributed by atoms with van der Waals surface area (Å²) < 4.78 is 5.25. The molecule has 2 atom stereocenters. The third-order valence-corrected chi connectivity index (χ3v) is 4.60. The number of aromatic nitrogens is 1. The molecule has 1 aromatic heterocycles. The molecule has 1 saturated carbocycles. The second kappa shape index (κ2) is 7.27. The molecule has 134 valence electrons. The lowest BCUT2D eigenvalue weighted by molar-refractivity contribution is 0.251. The lowest BCUT2D eigenvalue weighted by Crippen LogP contribution is -2.30. The van der Waals surface area contributed by atoms with Gasteiger partial charge in [0.1, 0.15) is 5.76 Å². The summed E-state index contributed by atoms with van der Waals surface area (Å²) in [7, 11) is 0. The number of nitrogens with zero attached hydrogens (tertiary/aromatic N) is 1. The van der Waals surface area contributed by atoms with Crippen LogP contribution in [0.3, 0.4) is 0 Å². The maximum Gasteiger partial charge on any atom is 0.319 e. The fraction of sp³-hybridized carbons (Fsp3) is 0.474. The Labute approximate surface area is 148 Å². The van der Waals surface area contributed by atoms with Crippen molar-refractivity contribution in [1.29, 1.82) is 0 Å². The monoisotopic (exact) mass is 342 g/mol. The van der Waals surface area contributed by atoms with Crippen LogP contribution >= 0.6 is 0 Å². The Morgan fingerprint density at radius 3 is 2.40 bits per heavy atom. The second-order valence-electron chi connectivity index (χ2n) is 6.84. The van der Waals surface area contributed by atoms with Crippen molar-refractivity contribution in [2.45, 2.75) is 58.7 Å². The summed E-state index contributed by atoms with van der Waals surface area (Å²) in [6.45, 7) is 8.13. The van der Waals surface area contributed by atoms with Gasteiger partial charge in [0.25, 0.3) is 0 Å². The first kappa shape index (κ1) is 17.5. The van der Waals surface area contributed by atoms with Crippen LogP contribution in [-0.2, 0) is 0 Å². The molecule has 2 amide bonds. The molecule has 0 aliphatic heterocycles. The number of amides is 2. The highest BCUT2D eigenvalue weighted by molar-refractivity contribution is 5.89. The first-order valence-electron chi connectivity index (χ1n) is 8.80. The van der Waals surface area contributed by atoms with E-state index in [1.807, 2.05) is 38.1 Å². The van der Waals surface area contributed by atoms with Crippen LogP contribution < -0.4 is 16.0 Å². The Morgan fingerprint density at radius 1 is 1.16 bits per heavy atom. The highest BCUT2D eigenvalue weighted by atomic mass is 16.5. The molecule has 3 rings (SSSR count). The zero-order valence-electron chi connectivity index (χ0n) is 15.2. The van der Waals surface area contributed by atoms with Gasteiger partial charge in [-0.15, -0.1) is 0 Å². The Kier molecular flexibility index (Phi) is 5.08. The number of hydrogen-bond acceptors (Lipinski definition) is 4. The number of carbonyl (C=O) groups excluding carboxylic acids is 1. The average molecular weight is 342 g/mol. The van der Waals surface area contributed by atoms with Crippen LogP contribution in [0.1, 0.15) is 61.4 Å². The summed E-state index contributed by atoms with van der Waals surface area (Å²) in [6, 6.07) is 8.46. The van der Waals surface area contributed by atoms with Crippen LogP contribution in [0.4, 0.5) is 10.5 Å². The van der Waals surface area contributed by atoms with Gasteiger partial charge in [-0.25, -0.2) is 4.79 Å². The lowest BCUT2D eigenvalue weighted by Gasteiger charge is -2.20. The summed E-state index contributed by atoms with van der Waals surface area (Å²) in [6.07, 6.45) is 2.16. The molecule has 25 heavy (non-hydrogen) atoms. The third kappa shape index (κ3) is 4.39. The Balaban J connectivity index is 1.58. The van der Waals surface area contributed by atoms with Crippen molar-refractivity contribution in [2.75, 3.05) is 5.32 Å². The summed E-state index contributed by atoms with van der Waals surface area (Å²) in [4.78, 5) is 11.8. The fourth-order valence-corrected chi connectivity index (χ4v) is 3.10. The van der Waals surface area contributed by atoms with Crippen molar-refractivity contribution >= 4 is 11.7 Å². The average Bonchev–Trinajstić information content (AvgIpc) is 3.30. The van der Waals surface area contributed by atoms with Gasteiger partial charge in [-0.3, -0.25) is 0 Å². The highest BCUT2D eigenvalue weighted by Gasteiger charge is 2.23. The molecule has 0 unspecified atom stereocenters. The van der Waals surface area contributed by atoms with Crippen molar-refractivity contribution in [3.63, 3.8) is 0 Å². The molecule has 3 N–H and O–H groups in total. The lowest BCUT2D eigenvalue weighted by atomic mass is 10.0. The molecule has 1 aromatic carbocycles. The molecule has 1 heterocycles. The number of hydrogen-bond donors (Lipinski definition) is 3. The zero-order chi connectivity index (χ0) is 18.0. The van der Waals surface area contributed by atoms with E-state index in [4.69, 9.17) is 4.52 Å². The minimum Gasteiger partial charge on any atom is -0.361 e. The molecule has 0 spiro atoms. The van der Waals surface area contributed by atoms with E-state index in [0.717, 1.165) is 41.1 Å². The van der Waals surface area contributed by atoms with Crippen molar-refractivity contribution in [1.82, 2.24) is 15.8 Å². The van der Waals surface area contributed by atoms with Crippen molar-refractivity contribution < 1.29 is 9.32 Å². The van der Waals surface area contributed by atoms with E-state index >= 15 is 0 Å². The quantitative estimate of drug-likeness (QED) is 0.742. The molecular formula is C19H26N4O2. The molecule has 0 radical (unpaired) electrons. The van der Waals surface area contributed by atoms with E-state index < -0.39 is 0 Å². The van der Waals surface area contributed by atoms with Gasteiger partial charge in [-0.1, -0.05) is 17.3 Å². The molecule has 0 bridgehead atoms. The molecule has 0 saturated heterocycles. The third-order valence-electron chi connectivity index (χ3n) is 4.60. The van der Waals surface area contributed by atoms with E-state index in [0.29, 0.717) is 6.04 Å². The number of rotatable bonds is 6. The standard InChI is InChI=1S/C19H26N4O2/c1-11(20-12(2)18-13(3)23-25-14(18)4)15-5-7-16(8-6-15)21-19(24)22-17-9-10-17/h5-8,11-12,17,20H,9-10H2,1-4H3,(H2,21,22,24)/t11-,12+/m1/s1. The van der Waals surface area contributed by atoms with E-state index in [1.165, 1.54) is 0 Å².